The molecule has 0 aromatic rings. The van der Waals surface area contributed by atoms with Gasteiger partial charge in [0.1, 0.15) is 6.10 Å². The summed E-state index contributed by atoms with van der Waals surface area (Å²) in [5, 5.41) is 8.42. The van der Waals surface area contributed by atoms with E-state index in [-0.39, 0.29) is 12.7 Å². The van der Waals surface area contributed by atoms with Crippen LogP contribution in [0, 0.1) is 0 Å². The number of hydrogen-bond acceptors (Lipinski definition) is 4. The number of carbonyl (C=O) groups is 1. The van der Waals surface area contributed by atoms with Crippen LogP contribution in [0.3, 0.4) is 0 Å². The third-order valence-electron chi connectivity index (χ3n) is 1.11. The highest BCUT2D eigenvalue weighted by Crippen LogP contribution is 2.22. The molecule has 0 aliphatic carbocycles. The van der Waals surface area contributed by atoms with Gasteiger partial charge in [-0.1, -0.05) is 6.58 Å². The number of aliphatic hydroxyl groups excluding tert-OH is 1. The van der Waals surface area contributed by atoms with E-state index < -0.39 is 12.3 Å². The van der Waals surface area contributed by atoms with Gasteiger partial charge in [0.25, 0.3) is 0 Å². The van der Waals surface area contributed by atoms with Crippen molar-refractivity contribution < 1.29 is 19.4 Å². The second-order valence-electron chi connectivity index (χ2n) is 1.87. The normalized spacial score (nSPS) is 29.3. The molecule has 0 aromatic heterocycles. The molecule has 10 heavy (non-hydrogen) atoms. The fourth-order valence-electron chi connectivity index (χ4n) is 0.522. The Morgan fingerprint density at radius 3 is 3.00 bits per heavy atom. The Bertz CT molecular complexity index is 154. The number of carbonyl (C=O) groups excluding carboxylic acids is 1. The molecule has 1 aliphatic heterocycles. The van der Waals surface area contributed by atoms with Crippen molar-refractivity contribution in [3.05, 3.63) is 12.7 Å². The lowest BCUT2D eigenvalue weighted by molar-refractivity contribution is -0.142. The zero-order chi connectivity index (χ0) is 7.56. The number of ether oxygens (including phenoxy) is 2. The van der Waals surface area contributed by atoms with Gasteiger partial charge in [-0.05, 0) is 0 Å². The van der Waals surface area contributed by atoms with E-state index >= 15 is 0 Å². The first-order valence-corrected chi connectivity index (χ1v) is 2.87. The van der Waals surface area contributed by atoms with Crippen molar-refractivity contribution in [1.82, 2.24) is 0 Å². The van der Waals surface area contributed by atoms with Crippen LogP contribution in [-0.4, -0.2) is 30.1 Å². The minimum absolute atomic E-state index is 0.116. The molecule has 4 heteroatoms. The summed E-state index contributed by atoms with van der Waals surface area (Å²) in [5.74, 6) is -0.527. The van der Waals surface area contributed by atoms with Crippen molar-refractivity contribution >= 4 is 5.97 Å². The molecule has 0 aromatic carbocycles. The van der Waals surface area contributed by atoms with Crippen LogP contribution in [0.2, 0.25) is 0 Å². The quantitative estimate of drug-likeness (QED) is 0.327. The molecule has 2 atom stereocenters. The largest absolute Gasteiger partial charge is 0.430 e. The molecular formula is C6H8O4. The highest BCUT2D eigenvalue weighted by Gasteiger charge is 2.41. The third kappa shape index (κ3) is 1.55. The van der Waals surface area contributed by atoms with Crippen molar-refractivity contribution in [3.8, 4) is 0 Å². The van der Waals surface area contributed by atoms with Crippen LogP contribution in [0.15, 0.2) is 12.7 Å². The summed E-state index contributed by atoms with van der Waals surface area (Å²) in [4.78, 5) is 10.4. The summed E-state index contributed by atoms with van der Waals surface area (Å²) >= 11 is 0. The SMILES string of the molecule is C=CC(=O)OC1OC1CO. The van der Waals surface area contributed by atoms with Crippen molar-refractivity contribution in [2.45, 2.75) is 12.4 Å². The van der Waals surface area contributed by atoms with Gasteiger partial charge in [-0.3, -0.25) is 0 Å². The van der Waals surface area contributed by atoms with Crippen LogP contribution in [-0.2, 0) is 14.3 Å². The summed E-state index contributed by atoms with van der Waals surface area (Å²) in [6.45, 7) is 3.08. The standard InChI is InChI=1S/C6H8O4/c1-2-5(8)10-6-4(3-7)9-6/h2,4,6-7H,1,3H2. The number of aliphatic hydroxyl groups is 1. The Balaban J connectivity index is 2.17. The van der Waals surface area contributed by atoms with E-state index in [9.17, 15) is 4.79 Å². The van der Waals surface area contributed by atoms with Gasteiger partial charge in [-0.25, -0.2) is 4.79 Å². The van der Waals surface area contributed by atoms with Gasteiger partial charge in [0.05, 0.1) is 6.61 Å². The molecule has 1 fully saturated rings. The maximum atomic E-state index is 10.4. The van der Waals surface area contributed by atoms with Gasteiger partial charge in [0.2, 0.25) is 6.29 Å². The first-order chi connectivity index (χ1) is 4.77. The highest BCUT2D eigenvalue weighted by atomic mass is 16.8. The van der Waals surface area contributed by atoms with Gasteiger partial charge < -0.3 is 14.6 Å². The molecule has 2 unspecified atom stereocenters. The van der Waals surface area contributed by atoms with Crippen LogP contribution >= 0.6 is 0 Å². The van der Waals surface area contributed by atoms with Crippen molar-refractivity contribution in [2.24, 2.45) is 0 Å². The topological polar surface area (TPSA) is 59.1 Å². The molecule has 0 saturated carbocycles. The second kappa shape index (κ2) is 2.81. The van der Waals surface area contributed by atoms with Gasteiger partial charge in [0.15, 0.2) is 0 Å². The van der Waals surface area contributed by atoms with Crippen LogP contribution in [0.5, 0.6) is 0 Å². The van der Waals surface area contributed by atoms with Crippen LogP contribution in [0.25, 0.3) is 0 Å². The predicted octanol–water partition coefficient (Wildman–Crippen LogP) is -0.567. The fraction of sp³-hybridized carbons (Fsp3) is 0.500. The minimum Gasteiger partial charge on any atom is -0.430 e. The molecule has 1 rings (SSSR count). The van der Waals surface area contributed by atoms with Crippen LogP contribution in [0.4, 0.5) is 0 Å². The lowest BCUT2D eigenvalue weighted by Gasteiger charge is -1.92. The predicted molar refractivity (Wildman–Crippen MR) is 32.0 cm³/mol. The Labute approximate surface area is 58.1 Å². The zero-order valence-electron chi connectivity index (χ0n) is 5.32. The number of hydrogen-bond donors (Lipinski definition) is 1. The molecule has 0 amide bonds. The molecule has 1 saturated heterocycles. The van der Waals surface area contributed by atoms with E-state index in [0.29, 0.717) is 0 Å². The Kier molecular flexibility index (Phi) is 2.03. The van der Waals surface area contributed by atoms with Crippen LogP contribution < -0.4 is 0 Å². The van der Waals surface area contributed by atoms with Crippen LogP contribution in [0.1, 0.15) is 0 Å². The van der Waals surface area contributed by atoms with Gasteiger partial charge in [-0.15, -0.1) is 0 Å². The molecule has 56 valence electrons. The number of esters is 1. The zero-order valence-corrected chi connectivity index (χ0v) is 5.32. The summed E-state index contributed by atoms with van der Waals surface area (Å²) < 4.78 is 9.27. The van der Waals surface area contributed by atoms with Gasteiger partial charge in [0, 0.05) is 6.08 Å². The lowest BCUT2D eigenvalue weighted by Crippen LogP contribution is -2.07. The van der Waals surface area contributed by atoms with E-state index in [2.05, 4.69) is 11.3 Å². The molecule has 1 aliphatic rings. The lowest BCUT2D eigenvalue weighted by atomic mass is 10.5. The number of rotatable bonds is 3. The molecule has 0 radical (unpaired) electrons. The molecule has 1 heterocycles. The summed E-state index contributed by atoms with van der Waals surface area (Å²) in [7, 11) is 0. The highest BCUT2D eigenvalue weighted by molar-refractivity contribution is 5.81. The summed E-state index contributed by atoms with van der Waals surface area (Å²) in [6, 6.07) is 0. The average Bonchev–Trinajstić information content (AvgIpc) is 2.67. The minimum atomic E-state index is -0.560. The van der Waals surface area contributed by atoms with Gasteiger partial charge in [-0.2, -0.15) is 0 Å². The Morgan fingerprint density at radius 1 is 1.90 bits per heavy atom. The Hall–Kier alpha value is -0.870. The second-order valence-corrected chi connectivity index (χ2v) is 1.87. The van der Waals surface area contributed by atoms with E-state index in [4.69, 9.17) is 9.84 Å². The number of epoxide rings is 1. The third-order valence-corrected chi connectivity index (χ3v) is 1.11. The van der Waals surface area contributed by atoms with Crippen molar-refractivity contribution in [1.29, 1.82) is 0 Å². The molecule has 1 N–H and O–H groups in total. The smallest absolute Gasteiger partial charge is 0.332 e. The van der Waals surface area contributed by atoms with E-state index in [1.807, 2.05) is 0 Å². The fourth-order valence-corrected chi connectivity index (χ4v) is 0.522. The van der Waals surface area contributed by atoms with Gasteiger partial charge >= 0.3 is 5.97 Å². The maximum Gasteiger partial charge on any atom is 0.332 e. The van der Waals surface area contributed by atoms with E-state index in [0.717, 1.165) is 6.08 Å². The monoisotopic (exact) mass is 144 g/mol. The molecule has 0 bridgehead atoms. The first kappa shape index (κ1) is 7.24. The molecule has 0 spiro atoms. The van der Waals surface area contributed by atoms with E-state index in [1.165, 1.54) is 0 Å². The molecule has 4 nitrogen and oxygen atoms in total. The van der Waals surface area contributed by atoms with Crippen molar-refractivity contribution in [3.63, 3.8) is 0 Å². The first-order valence-electron chi connectivity index (χ1n) is 2.87. The van der Waals surface area contributed by atoms with Crippen molar-refractivity contribution in [2.75, 3.05) is 6.61 Å². The Morgan fingerprint density at radius 2 is 2.60 bits per heavy atom. The maximum absolute atomic E-state index is 10.4. The molecular weight excluding hydrogens is 136 g/mol. The summed E-state index contributed by atoms with van der Waals surface area (Å²) in [6.07, 6.45) is 0.162. The van der Waals surface area contributed by atoms with E-state index in [1.54, 1.807) is 0 Å². The average molecular weight is 144 g/mol. The summed E-state index contributed by atoms with van der Waals surface area (Å²) in [5.41, 5.74) is 0.